The molecule has 8 heteroatoms. The largest absolute Gasteiger partial charge is 0.463 e. The van der Waals surface area contributed by atoms with E-state index in [1.54, 1.807) is 13.8 Å². The molecule has 23 heavy (non-hydrogen) atoms. The number of allylic oxidation sites excluding steroid dienone is 1. The van der Waals surface area contributed by atoms with E-state index in [2.05, 4.69) is 15.3 Å². The Morgan fingerprint density at radius 2 is 2.13 bits per heavy atom. The average molecular weight is 333 g/mol. The first-order valence-electron chi connectivity index (χ1n) is 7.07. The molecule has 2 aromatic rings. The van der Waals surface area contributed by atoms with E-state index in [0.717, 1.165) is 4.88 Å². The minimum atomic E-state index is -0.599. The Morgan fingerprint density at radius 1 is 1.35 bits per heavy atom. The Labute approximate surface area is 135 Å². The highest BCUT2D eigenvalue weighted by Crippen LogP contribution is 2.40. The second kappa shape index (κ2) is 5.88. The molecule has 0 saturated carbocycles. The maximum Gasteiger partial charge on any atom is 0.336 e. The number of esters is 1. The van der Waals surface area contributed by atoms with Gasteiger partial charge in [-0.3, -0.25) is 14.8 Å². The number of fused-ring (bicyclic) bond motifs is 1. The van der Waals surface area contributed by atoms with Crippen molar-refractivity contribution in [3.8, 4) is 0 Å². The summed E-state index contributed by atoms with van der Waals surface area (Å²) >= 11 is 1.43. The maximum atomic E-state index is 12.4. The molecule has 0 spiro atoms. The molecular weight excluding hydrogens is 318 g/mol. The van der Waals surface area contributed by atoms with E-state index < -0.39 is 23.1 Å². The predicted molar refractivity (Wildman–Crippen MR) is 86.8 cm³/mol. The zero-order valence-corrected chi connectivity index (χ0v) is 13.4. The molecule has 3 N–H and O–H groups in total. The molecule has 0 bridgehead atoms. The van der Waals surface area contributed by atoms with Crippen LogP contribution in [0.25, 0.3) is 0 Å². The highest BCUT2D eigenvalue weighted by molar-refractivity contribution is 7.10. The minimum absolute atomic E-state index is 0.238. The minimum Gasteiger partial charge on any atom is -0.463 e. The Bertz CT molecular complexity index is 892. The van der Waals surface area contributed by atoms with E-state index >= 15 is 0 Å². The maximum absolute atomic E-state index is 12.4. The molecule has 1 unspecified atom stereocenters. The summed E-state index contributed by atoms with van der Waals surface area (Å²) in [6, 6.07) is 3.70. The summed E-state index contributed by atoms with van der Waals surface area (Å²) in [6.07, 6.45) is 0. The third-order valence-corrected chi connectivity index (χ3v) is 4.53. The van der Waals surface area contributed by atoms with Crippen molar-refractivity contribution in [1.29, 1.82) is 0 Å². The van der Waals surface area contributed by atoms with Gasteiger partial charge in [0.15, 0.2) is 0 Å². The van der Waals surface area contributed by atoms with Gasteiger partial charge in [-0.15, -0.1) is 11.3 Å². The average Bonchev–Trinajstić information content (AvgIpc) is 2.99. The van der Waals surface area contributed by atoms with Crippen molar-refractivity contribution < 1.29 is 9.53 Å². The second-order valence-corrected chi connectivity index (χ2v) is 6.01. The zero-order chi connectivity index (χ0) is 16.6. The smallest absolute Gasteiger partial charge is 0.336 e. The van der Waals surface area contributed by atoms with E-state index in [0.29, 0.717) is 22.7 Å². The quantitative estimate of drug-likeness (QED) is 0.739. The number of ether oxygens (including phenoxy) is 1. The molecule has 0 aliphatic carbocycles. The third-order valence-electron chi connectivity index (χ3n) is 3.60. The zero-order valence-electron chi connectivity index (χ0n) is 12.6. The van der Waals surface area contributed by atoms with Crippen LogP contribution in [0.1, 0.15) is 30.2 Å². The molecule has 120 valence electrons. The lowest BCUT2D eigenvalue weighted by molar-refractivity contribution is -0.138. The fourth-order valence-corrected chi connectivity index (χ4v) is 3.55. The summed E-state index contributed by atoms with van der Waals surface area (Å²) in [4.78, 5) is 41.9. The van der Waals surface area contributed by atoms with Gasteiger partial charge < -0.3 is 10.1 Å². The molecule has 2 aromatic heterocycles. The molecule has 3 heterocycles. The van der Waals surface area contributed by atoms with Crippen molar-refractivity contribution in [2.24, 2.45) is 0 Å². The first kappa shape index (κ1) is 15.3. The molecule has 0 fully saturated rings. The molecule has 7 nitrogen and oxygen atoms in total. The van der Waals surface area contributed by atoms with Crippen molar-refractivity contribution in [1.82, 2.24) is 9.97 Å². The molecule has 1 atom stereocenters. The summed E-state index contributed by atoms with van der Waals surface area (Å²) in [5.74, 6) is -0.749. The first-order chi connectivity index (χ1) is 11.0. The van der Waals surface area contributed by atoms with Crippen LogP contribution in [0.5, 0.6) is 0 Å². The number of hydrogen-bond acceptors (Lipinski definition) is 6. The molecule has 0 saturated heterocycles. The molecule has 3 rings (SSSR count). The van der Waals surface area contributed by atoms with E-state index in [4.69, 9.17) is 4.74 Å². The van der Waals surface area contributed by atoms with Crippen molar-refractivity contribution in [2.75, 3.05) is 11.9 Å². The van der Waals surface area contributed by atoms with Gasteiger partial charge in [-0.2, -0.15) is 0 Å². The monoisotopic (exact) mass is 333 g/mol. The summed E-state index contributed by atoms with van der Waals surface area (Å²) < 4.78 is 5.14. The van der Waals surface area contributed by atoms with Crippen LogP contribution < -0.4 is 16.6 Å². The van der Waals surface area contributed by atoms with Gasteiger partial charge in [-0.1, -0.05) is 6.07 Å². The first-order valence-corrected chi connectivity index (χ1v) is 7.95. The van der Waals surface area contributed by atoms with Crippen molar-refractivity contribution >= 4 is 23.1 Å². The fraction of sp³-hybridized carbons (Fsp3) is 0.267. The SMILES string of the molecule is CCOC(=O)C1=C(C)Nc2[nH]c(=O)[nH]c(=O)c2C1c1cccs1. The number of thiophene rings is 1. The van der Waals surface area contributed by atoms with Gasteiger partial charge in [0, 0.05) is 10.6 Å². The van der Waals surface area contributed by atoms with Gasteiger partial charge in [0.1, 0.15) is 5.82 Å². The van der Waals surface area contributed by atoms with E-state index in [1.165, 1.54) is 11.3 Å². The van der Waals surface area contributed by atoms with E-state index in [1.807, 2.05) is 17.5 Å². The van der Waals surface area contributed by atoms with E-state index in [-0.39, 0.29) is 6.61 Å². The Kier molecular flexibility index (Phi) is 3.91. The second-order valence-electron chi connectivity index (χ2n) is 5.03. The summed E-state index contributed by atoms with van der Waals surface area (Å²) in [5, 5.41) is 4.80. The van der Waals surface area contributed by atoms with Crippen molar-refractivity contribution in [2.45, 2.75) is 19.8 Å². The number of aromatic nitrogens is 2. The standard InChI is InChI=1S/C15H15N3O4S/c1-3-22-14(20)9-7(2)16-12-11(13(19)18-15(21)17-12)10(9)8-5-4-6-23-8/h4-6,10H,3H2,1-2H3,(H3,16,17,18,19,21). The predicted octanol–water partition coefficient (Wildman–Crippen LogP) is 1.52. The molecule has 1 aliphatic rings. The van der Waals surface area contributed by atoms with E-state index in [9.17, 15) is 14.4 Å². The van der Waals surface area contributed by atoms with Crippen LogP contribution in [0, 0.1) is 0 Å². The number of rotatable bonds is 3. The Hall–Kier alpha value is -2.61. The van der Waals surface area contributed by atoms with Crippen LogP contribution in [0.2, 0.25) is 0 Å². The Morgan fingerprint density at radius 3 is 2.78 bits per heavy atom. The molecule has 0 radical (unpaired) electrons. The number of nitrogens with one attached hydrogen (secondary N) is 3. The molecular formula is C15H15N3O4S. The van der Waals surface area contributed by atoms with Gasteiger partial charge >= 0.3 is 11.7 Å². The highest BCUT2D eigenvalue weighted by atomic mass is 32.1. The molecule has 0 amide bonds. The topological polar surface area (TPSA) is 104 Å². The molecule has 0 aromatic carbocycles. The van der Waals surface area contributed by atoms with Crippen molar-refractivity contribution in [3.63, 3.8) is 0 Å². The summed E-state index contributed by atoms with van der Waals surface area (Å²) in [6.45, 7) is 3.68. The van der Waals surface area contributed by atoms with Gasteiger partial charge in [-0.25, -0.2) is 9.59 Å². The number of hydrogen-bond donors (Lipinski definition) is 3. The number of aromatic amines is 2. The van der Waals surface area contributed by atoms with Crippen LogP contribution >= 0.6 is 11.3 Å². The third kappa shape index (κ3) is 2.61. The Balaban J connectivity index is 2.26. The van der Waals surface area contributed by atoms with Crippen LogP contribution in [0.3, 0.4) is 0 Å². The van der Waals surface area contributed by atoms with Gasteiger partial charge in [-0.05, 0) is 25.3 Å². The van der Waals surface area contributed by atoms with Gasteiger partial charge in [0.05, 0.1) is 23.7 Å². The fourth-order valence-electron chi connectivity index (χ4n) is 2.71. The van der Waals surface area contributed by atoms with Crippen LogP contribution in [-0.4, -0.2) is 22.5 Å². The number of H-pyrrole nitrogens is 2. The summed E-state index contributed by atoms with van der Waals surface area (Å²) in [7, 11) is 0. The van der Waals surface area contributed by atoms with Crippen molar-refractivity contribution in [3.05, 3.63) is 60.1 Å². The normalized spacial score (nSPS) is 16.7. The van der Waals surface area contributed by atoms with Crippen LogP contribution in [0.4, 0.5) is 5.82 Å². The number of anilines is 1. The summed E-state index contributed by atoms with van der Waals surface area (Å²) in [5.41, 5.74) is 0.109. The highest BCUT2D eigenvalue weighted by Gasteiger charge is 2.36. The van der Waals surface area contributed by atoms with Crippen LogP contribution in [-0.2, 0) is 9.53 Å². The lowest BCUT2D eigenvalue weighted by Crippen LogP contribution is -2.34. The lowest BCUT2D eigenvalue weighted by Gasteiger charge is -2.27. The lowest BCUT2D eigenvalue weighted by atomic mass is 9.86. The number of carbonyl (C=O) groups is 1. The van der Waals surface area contributed by atoms with Gasteiger partial charge in [0.25, 0.3) is 5.56 Å². The molecule has 1 aliphatic heterocycles. The van der Waals surface area contributed by atoms with Crippen LogP contribution in [0.15, 0.2) is 38.4 Å². The number of carbonyl (C=O) groups excluding carboxylic acids is 1. The van der Waals surface area contributed by atoms with Gasteiger partial charge in [0.2, 0.25) is 0 Å².